The first-order chi connectivity index (χ1) is 9.15. The van der Waals surface area contributed by atoms with E-state index < -0.39 is 0 Å². The van der Waals surface area contributed by atoms with Crippen molar-refractivity contribution < 1.29 is 9.59 Å². The number of ketones is 1. The molecule has 0 aromatic heterocycles. The number of benzene rings is 1. The summed E-state index contributed by atoms with van der Waals surface area (Å²) in [7, 11) is 0. The number of hydrogen-bond donors (Lipinski definition) is 0. The monoisotopic (exact) mass is 259 g/mol. The van der Waals surface area contributed by atoms with Crippen LogP contribution in [0.15, 0.2) is 24.3 Å². The third-order valence-electron chi connectivity index (χ3n) is 3.54. The first-order valence-electron chi connectivity index (χ1n) is 7.00. The predicted molar refractivity (Wildman–Crippen MR) is 74.9 cm³/mol. The summed E-state index contributed by atoms with van der Waals surface area (Å²) < 4.78 is 0. The van der Waals surface area contributed by atoms with Gasteiger partial charge in [-0.2, -0.15) is 0 Å². The molecular formula is C16H21NO2. The molecule has 2 rings (SSSR count). The van der Waals surface area contributed by atoms with Crippen LogP contribution in [-0.4, -0.2) is 29.7 Å². The van der Waals surface area contributed by atoms with Gasteiger partial charge in [-0.05, 0) is 31.7 Å². The molecule has 1 aromatic rings. The Labute approximate surface area is 114 Å². The number of nitrogens with zero attached hydrogens (tertiary/aromatic N) is 1. The van der Waals surface area contributed by atoms with Crippen molar-refractivity contribution in [3.8, 4) is 0 Å². The molecule has 1 aromatic carbocycles. The van der Waals surface area contributed by atoms with Gasteiger partial charge in [-0.15, -0.1) is 0 Å². The van der Waals surface area contributed by atoms with Crippen LogP contribution in [0.2, 0.25) is 0 Å². The minimum atomic E-state index is 0.126. The highest BCUT2D eigenvalue weighted by molar-refractivity contribution is 5.87. The average molecular weight is 259 g/mol. The molecule has 3 heteroatoms. The summed E-state index contributed by atoms with van der Waals surface area (Å²) in [6.07, 6.45) is 3.78. The van der Waals surface area contributed by atoms with E-state index in [4.69, 9.17) is 0 Å². The van der Waals surface area contributed by atoms with E-state index in [1.54, 1.807) is 4.90 Å². The molecular weight excluding hydrogens is 238 g/mol. The lowest BCUT2D eigenvalue weighted by Crippen LogP contribution is -2.40. The van der Waals surface area contributed by atoms with Crippen LogP contribution in [0, 0.1) is 6.92 Å². The topological polar surface area (TPSA) is 37.4 Å². The summed E-state index contributed by atoms with van der Waals surface area (Å²) >= 11 is 0. The molecule has 1 aliphatic rings. The lowest BCUT2D eigenvalue weighted by Gasteiger charge is -2.25. The summed E-state index contributed by atoms with van der Waals surface area (Å²) in [5, 5.41) is 0. The van der Waals surface area contributed by atoms with E-state index in [1.165, 1.54) is 11.1 Å². The number of aryl methyl sites for hydroxylation is 2. The molecule has 1 heterocycles. The van der Waals surface area contributed by atoms with Gasteiger partial charge in [0.05, 0.1) is 6.54 Å². The van der Waals surface area contributed by atoms with Gasteiger partial charge in [0.25, 0.3) is 0 Å². The van der Waals surface area contributed by atoms with Crippen LogP contribution in [0.1, 0.15) is 36.8 Å². The Balaban J connectivity index is 1.76. The van der Waals surface area contributed by atoms with Crippen molar-refractivity contribution in [2.75, 3.05) is 13.1 Å². The van der Waals surface area contributed by atoms with Crippen LogP contribution in [0.3, 0.4) is 0 Å². The molecule has 0 aliphatic carbocycles. The Morgan fingerprint density at radius 1 is 1.37 bits per heavy atom. The van der Waals surface area contributed by atoms with Gasteiger partial charge >= 0.3 is 0 Å². The molecule has 0 saturated carbocycles. The third kappa shape index (κ3) is 4.19. The fraction of sp³-hybridized carbons (Fsp3) is 0.500. The second kappa shape index (κ2) is 6.50. The number of hydrogen-bond acceptors (Lipinski definition) is 2. The van der Waals surface area contributed by atoms with Crippen molar-refractivity contribution >= 4 is 11.7 Å². The normalized spacial score (nSPS) is 15.6. The summed E-state index contributed by atoms with van der Waals surface area (Å²) in [6, 6.07) is 8.39. The Morgan fingerprint density at radius 3 is 2.95 bits per heavy atom. The lowest BCUT2D eigenvalue weighted by atomic mass is 10.0. The fourth-order valence-electron chi connectivity index (χ4n) is 2.52. The Kier molecular flexibility index (Phi) is 4.72. The summed E-state index contributed by atoms with van der Waals surface area (Å²) in [4.78, 5) is 25.0. The number of Topliss-reactive ketones (excluding diaryl/α,β-unsaturated/α-hetero) is 1. The first-order valence-corrected chi connectivity index (χ1v) is 7.00. The molecule has 3 nitrogen and oxygen atoms in total. The zero-order valence-corrected chi connectivity index (χ0v) is 11.5. The maximum Gasteiger partial charge on any atom is 0.222 e. The summed E-state index contributed by atoms with van der Waals surface area (Å²) in [6.45, 7) is 3.15. The first kappa shape index (κ1) is 13.8. The van der Waals surface area contributed by atoms with Crippen LogP contribution >= 0.6 is 0 Å². The zero-order chi connectivity index (χ0) is 13.7. The summed E-state index contributed by atoms with van der Waals surface area (Å²) in [5.41, 5.74) is 2.54. The van der Waals surface area contributed by atoms with E-state index in [0.717, 1.165) is 25.8 Å². The van der Waals surface area contributed by atoms with Crippen molar-refractivity contribution in [3.63, 3.8) is 0 Å². The van der Waals surface area contributed by atoms with E-state index in [9.17, 15) is 9.59 Å². The second-order valence-electron chi connectivity index (χ2n) is 5.30. The van der Waals surface area contributed by atoms with E-state index in [-0.39, 0.29) is 11.7 Å². The number of amides is 1. The van der Waals surface area contributed by atoms with Crippen LogP contribution < -0.4 is 0 Å². The molecule has 0 unspecified atom stereocenters. The summed E-state index contributed by atoms with van der Waals surface area (Å²) in [5.74, 6) is 0.319. The molecule has 0 N–H and O–H groups in total. The van der Waals surface area contributed by atoms with Gasteiger partial charge < -0.3 is 4.90 Å². The van der Waals surface area contributed by atoms with Gasteiger partial charge in [-0.25, -0.2) is 0 Å². The molecule has 0 bridgehead atoms. The van der Waals surface area contributed by atoms with Crippen molar-refractivity contribution in [2.24, 2.45) is 0 Å². The van der Waals surface area contributed by atoms with Crippen LogP contribution in [0.4, 0.5) is 0 Å². The predicted octanol–water partition coefficient (Wildman–Crippen LogP) is 2.51. The number of rotatable bonds is 4. The SMILES string of the molecule is Cc1cccc(CCCC(=O)N2CCCC(=O)C2)c1. The van der Waals surface area contributed by atoms with Gasteiger partial charge in [0.2, 0.25) is 5.91 Å². The number of piperidine rings is 1. The molecule has 0 radical (unpaired) electrons. The number of carbonyl (C=O) groups excluding carboxylic acids is 2. The van der Waals surface area contributed by atoms with Gasteiger partial charge in [0, 0.05) is 19.4 Å². The smallest absolute Gasteiger partial charge is 0.222 e. The van der Waals surface area contributed by atoms with Gasteiger partial charge in [-0.3, -0.25) is 9.59 Å². The van der Waals surface area contributed by atoms with E-state index >= 15 is 0 Å². The number of carbonyl (C=O) groups is 2. The molecule has 1 saturated heterocycles. The zero-order valence-electron chi connectivity index (χ0n) is 11.5. The maximum absolute atomic E-state index is 12.0. The Morgan fingerprint density at radius 2 is 2.21 bits per heavy atom. The Hall–Kier alpha value is -1.64. The minimum absolute atomic E-state index is 0.126. The van der Waals surface area contributed by atoms with Crippen molar-refractivity contribution in [2.45, 2.75) is 39.0 Å². The largest absolute Gasteiger partial charge is 0.335 e. The third-order valence-corrected chi connectivity index (χ3v) is 3.54. The molecule has 1 fully saturated rings. The highest BCUT2D eigenvalue weighted by atomic mass is 16.2. The van der Waals surface area contributed by atoms with Gasteiger partial charge in [0.15, 0.2) is 5.78 Å². The van der Waals surface area contributed by atoms with Crippen LogP contribution in [-0.2, 0) is 16.0 Å². The second-order valence-corrected chi connectivity index (χ2v) is 5.30. The van der Waals surface area contributed by atoms with Gasteiger partial charge in [0.1, 0.15) is 0 Å². The Bertz CT molecular complexity index is 468. The standard InChI is InChI=1S/C16H21NO2/c1-13-5-2-6-14(11-13)7-3-9-16(19)17-10-4-8-15(18)12-17/h2,5-6,11H,3-4,7-10,12H2,1H3. The molecule has 1 aliphatic heterocycles. The van der Waals surface area contributed by atoms with Crippen LogP contribution in [0.5, 0.6) is 0 Å². The molecule has 0 spiro atoms. The molecule has 0 atom stereocenters. The number of likely N-dealkylation sites (tertiary alicyclic amines) is 1. The average Bonchev–Trinajstić information content (AvgIpc) is 2.38. The fourth-order valence-corrected chi connectivity index (χ4v) is 2.52. The highest BCUT2D eigenvalue weighted by Gasteiger charge is 2.20. The van der Waals surface area contributed by atoms with Crippen molar-refractivity contribution in [3.05, 3.63) is 35.4 Å². The van der Waals surface area contributed by atoms with E-state index in [2.05, 4.69) is 31.2 Å². The van der Waals surface area contributed by atoms with Crippen LogP contribution in [0.25, 0.3) is 0 Å². The maximum atomic E-state index is 12.0. The van der Waals surface area contributed by atoms with E-state index in [0.29, 0.717) is 19.4 Å². The molecule has 102 valence electrons. The quantitative estimate of drug-likeness (QED) is 0.833. The van der Waals surface area contributed by atoms with E-state index in [1.807, 2.05) is 0 Å². The molecule has 19 heavy (non-hydrogen) atoms. The lowest BCUT2D eigenvalue weighted by molar-refractivity contribution is -0.137. The van der Waals surface area contributed by atoms with Crippen molar-refractivity contribution in [1.82, 2.24) is 4.90 Å². The van der Waals surface area contributed by atoms with Gasteiger partial charge in [-0.1, -0.05) is 29.8 Å². The highest BCUT2D eigenvalue weighted by Crippen LogP contribution is 2.11. The minimum Gasteiger partial charge on any atom is -0.335 e. The molecule has 1 amide bonds. The van der Waals surface area contributed by atoms with Crippen molar-refractivity contribution in [1.29, 1.82) is 0 Å².